The summed E-state index contributed by atoms with van der Waals surface area (Å²) < 4.78 is 36.5. The largest absolute Gasteiger partial charge is 0.390 e. The fourth-order valence-corrected chi connectivity index (χ4v) is 1.94. The Morgan fingerprint density at radius 3 is 2.36 bits per heavy atom. The van der Waals surface area contributed by atoms with E-state index in [4.69, 9.17) is 0 Å². The normalized spacial score (nSPS) is 20.6. The summed E-state index contributed by atoms with van der Waals surface area (Å²) in [5.74, 6) is 0.529. The molecule has 0 saturated heterocycles. The number of nitrogens with one attached hydrogen (secondary N) is 1. The Hall–Kier alpha value is -0.250. The second kappa shape index (κ2) is 5.01. The van der Waals surface area contributed by atoms with Crippen LogP contribution in [0.3, 0.4) is 0 Å². The van der Waals surface area contributed by atoms with Gasteiger partial charge in [-0.3, -0.25) is 0 Å². The van der Waals surface area contributed by atoms with E-state index in [1.807, 2.05) is 6.92 Å². The van der Waals surface area contributed by atoms with Crippen LogP contribution in [0.25, 0.3) is 0 Å². The molecule has 0 spiro atoms. The van der Waals surface area contributed by atoms with Gasteiger partial charge in [0.2, 0.25) is 0 Å². The highest BCUT2D eigenvalue weighted by Crippen LogP contribution is 2.33. The molecule has 1 saturated carbocycles. The molecule has 4 heteroatoms. The molecule has 1 unspecified atom stereocenters. The van der Waals surface area contributed by atoms with Crippen molar-refractivity contribution in [1.29, 1.82) is 0 Å². The quantitative estimate of drug-likeness (QED) is 0.733. The molecular formula is C10H18F3N. The van der Waals surface area contributed by atoms with Crippen LogP contribution in [0.1, 0.15) is 39.0 Å². The highest BCUT2D eigenvalue weighted by Gasteiger charge is 2.33. The maximum Gasteiger partial charge on any atom is 0.390 e. The zero-order chi connectivity index (χ0) is 10.6. The summed E-state index contributed by atoms with van der Waals surface area (Å²) in [6.45, 7) is 2.47. The van der Waals surface area contributed by atoms with Crippen molar-refractivity contribution in [2.24, 2.45) is 5.92 Å². The first-order valence-electron chi connectivity index (χ1n) is 5.31. The van der Waals surface area contributed by atoms with Gasteiger partial charge in [-0.05, 0) is 18.9 Å². The Morgan fingerprint density at radius 2 is 2.00 bits per heavy atom. The highest BCUT2D eigenvalue weighted by molar-refractivity contribution is 4.78. The molecule has 1 rings (SSSR count). The van der Waals surface area contributed by atoms with Gasteiger partial charge in [-0.2, -0.15) is 13.2 Å². The van der Waals surface area contributed by atoms with Crippen molar-refractivity contribution in [3.63, 3.8) is 0 Å². The maximum absolute atomic E-state index is 12.2. The van der Waals surface area contributed by atoms with Crippen LogP contribution in [0.15, 0.2) is 0 Å². The van der Waals surface area contributed by atoms with Crippen LogP contribution < -0.4 is 5.32 Å². The van der Waals surface area contributed by atoms with Gasteiger partial charge in [-0.25, -0.2) is 0 Å². The van der Waals surface area contributed by atoms with Gasteiger partial charge in [0.15, 0.2) is 0 Å². The molecule has 0 aromatic rings. The van der Waals surface area contributed by atoms with Gasteiger partial charge in [-0.15, -0.1) is 0 Å². The van der Waals surface area contributed by atoms with E-state index in [1.54, 1.807) is 0 Å². The smallest absolute Gasteiger partial charge is 0.314 e. The number of hydrogen-bond donors (Lipinski definition) is 1. The van der Waals surface area contributed by atoms with E-state index in [9.17, 15) is 13.2 Å². The fourth-order valence-electron chi connectivity index (χ4n) is 1.94. The predicted molar refractivity (Wildman–Crippen MR) is 50.1 cm³/mol. The molecule has 1 aliphatic rings. The molecule has 1 nitrogen and oxygen atoms in total. The third-order valence-electron chi connectivity index (χ3n) is 2.81. The topological polar surface area (TPSA) is 12.0 Å². The predicted octanol–water partition coefficient (Wildman–Crippen LogP) is 3.11. The second-order valence-corrected chi connectivity index (χ2v) is 4.11. The molecule has 0 aromatic carbocycles. The number of halogens is 3. The van der Waals surface area contributed by atoms with E-state index < -0.39 is 12.6 Å². The second-order valence-electron chi connectivity index (χ2n) is 4.11. The lowest BCUT2D eigenvalue weighted by Gasteiger charge is -2.30. The van der Waals surface area contributed by atoms with Crippen LogP contribution >= 0.6 is 0 Å². The van der Waals surface area contributed by atoms with Crippen LogP contribution in [0.5, 0.6) is 0 Å². The van der Waals surface area contributed by atoms with Gasteiger partial charge >= 0.3 is 6.18 Å². The molecule has 0 radical (unpaired) electrons. The van der Waals surface area contributed by atoms with Gasteiger partial charge in [0.05, 0.1) is 6.42 Å². The van der Waals surface area contributed by atoms with Crippen LogP contribution in [0.4, 0.5) is 13.2 Å². The van der Waals surface area contributed by atoms with Crippen molar-refractivity contribution < 1.29 is 13.2 Å². The fraction of sp³-hybridized carbons (Fsp3) is 1.00. The van der Waals surface area contributed by atoms with Gasteiger partial charge in [0.25, 0.3) is 0 Å². The van der Waals surface area contributed by atoms with Gasteiger partial charge < -0.3 is 5.32 Å². The first-order chi connectivity index (χ1) is 6.51. The molecule has 1 N–H and O–H groups in total. The summed E-state index contributed by atoms with van der Waals surface area (Å²) in [5, 5.41) is 2.92. The molecule has 0 aromatic heterocycles. The average Bonchev–Trinajstić information content (AvgIpc) is 1.94. The van der Waals surface area contributed by atoms with Crippen molar-refractivity contribution in [3.05, 3.63) is 0 Å². The molecule has 0 heterocycles. The Bertz CT molecular complexity index is 163. The third kappa shape index (κ3) is 4.31. The van der Waals surface area contributed by atoms with E-state index >= 15 is 0 Å². The van der Waals surface area contributed by atoms with Crippen molar-refractivity contribution in [1.82, 2.24) is 5.32 Å². The van der Waals surface area contributed by atoms with Crippen molar-refractivity contribution in [3.8, 4) is 0 Å². The minimum Gasteiger partial charge on any atom is -0.314 e. The lowest BCUT2D eigenvalue weighted by atomic mass is 9.80. The number of hydrogen-bond acceptors (Lipinski definition) is 1. The van der Waals surface area contributed by atoms with E-state index in [0.717, 1.165) is 12.8 Å². The minimum atomic E-state index is -4.03. The number of rotatable bonds is 5. The standard InChI is InChI=1S/C10H18F3N/c1-2-14-9(7-10(11,12)13)6-8-4-3-5-8/h8-9,14H,2-7H2,1H3. The summed E-state index contributed by atoms with van der Waals surface area (Å²) in [6.07, 6.45) is -0.615. The Balaban J connectivity index is 2.29. The van der Waals surface area contributed by atoms with E-state index in [0.29, 0.717) is 18.9 Å². The third-order valence-corrected chi connectivity index (χ3v) is 2.81. The zero-order valence-corrected chi connectivity index (χ0v) is 8.53. The van der Waals surface area contributed by atoms with Crippen LogP contribution in [-0.4, -0.2) is 18.8 Å². The summed E-state index contributed by atoms with van der Waals surface area (Å²) in [7, 11) is 0. The first kappa shape index (κ1) is 11.8. The first-order valence-corrected chi connectivity index (χ1v) is 5.31. The molecule has 0 bridgehead atoms. The van der Waals surface area contributed by atoms with Crippen LogP contribution in [0, 0.1) is 5.92 Å². The van der Waals surface area contributed by atoms with Gasteiger partial charge in [0, 0.05) is 6.04 Å². The molecule has 84 valence electrons. The molecule has 1 atom stereocenters. The lowest BCUT2D eigenvalue weighted by molar-refractivity contribution is -0.141. The molecule has 0 amide bonds. The molecule has 1 aliphatic carbocycles. The van der Waals surface area contributed by atoms with E-state index in [-0.39, 0.29) is 6.04 Å². The lowest BCUT2D eigenvalue weighted by Crippen LogP contribution is -2.36. The van der Waals surface area contributed by atoms with E-state index in [1.165, 1.54) is 6.42 Å². The Labute approximate surface area is 83.1 Å². The molecule has 14 heavy (non-hydrogen) atoms. The Kier molecular flexibility index (Phi) is 4.23. The molecule has 0 aliphatic heterocycles. The summed E-state index contributed by atoms with van der Waals surface area (Å²) in [6, 6.07) is -0.370. The van der Waals surface area contributed by atoms with Gasteiger partial charge in [-0.1, -0.05) is 26.2 Å². The van der Waals surface area contributed by atoms with Crippen LogP contribution in [0.2, 0.25) is 0 Å². The summed E-state index contributed by atoms with van der Waals surface area (Å²) in [5.41, 5.74) is 0. The van der Waals surface area contributed by atoms with Crippen molar-refractivity contribution in [2.45, 2.75) is 51.2 Å². The zero-order valence-electron chi connectivity index (χ0n) is 8.53. The molecule has 1 fully saturated rings. The minimum absolute atomic E-state index is 0.370. The summed E-state index contributed by atoms with van der Waals surface area (Å²) in [4.78, 5) is 0. The average molecular weight is 209 g/mol. The van der Waals surface area contributed by atoms with Crippen molar-refractivity contribution >= 4 is 0 Å². The van der Waals surface area contributed by atoms with Crippen LogP contribution in [-0.2, 0) is 0 Å². The SMILES string of the molecule is CCNC(CC1CCC1)CC(F)(F)F. The van der Waals surface area contributed by atoms with E-state index in [2.05, 4.69) is 5.32 Å². The van der Waals surface area contributed by atoms with Crippen molar-refractivity contribution in [2.75, 3.05) is 6.54 Å². The number of alkyl halides is 3. The highest BCUT2D eigenvalue weighted by atomic mass is 19.4. The summed E-state index contributed by atoms with van der Waals surface area (Å²) >= 11 is 0. The molecular weight excluding hydrogens is 191 g/mol. The maximum atomic E-state index is 12.2. The van der Waals surface area contributed by atoms with Gasteiger partial charge in [0.1, 0.15) is 0 Å². The Morgan fingerprint density at radius 1 is 1.36 bits per heavy atom. The monoisotopic (exact) mass is 209 g/mol.